The highest BCUT2D eigenvalue weighted by Crippen LogP contribution is 2.27. The molecule has 7 heteroatoms. The van der Waals surface area contributed by atoms with Crippen molar-refractivity contribution in [1.82, 2.24) is 4.98 Å². The maximum Gasteiger partial charge on any atom is 0.145 e. The summed E-state index contributed by atoms with van der Waals surface area (Å²) in [5.41, 5.74) is 1.57. The van der Waals surface area contributed by atoms with Gasteiger partial charge in [-0.25, -0.2) is 8.42 Å². The number of thiol groups is 1. The van der Waals surface area contributed by atoms with Gasteiger partial charge in [0.1, 0.15) is 16.3 Å². The van der Waals surface area contributed by atoms with E-state index in [0.29, 0.717) is 17.1 Å². The lowest BCUT2D eigenvalue weighted by atomic mass is 9.99. The molecule has 0 N–H and O–H groups in total. The van der Waals surface area contributed by atoms with Crippen LogP contribution in [0.15, 0.2) is 17.4 Å². The Morgan fingerprint density at radius 3 is 2.72 bits per heavy atom. The number of hydrogen-bond donors (Lipinski definition) is 1. The lowest BCUT2D eigenvalue weighted by Gasteiger charge is -2.13. The maximum absolute atomic E-state index is 10.6. The van der Waals surface area contributed by atoms with Crippen molar-refractivity contribution >= 4 is 28.0 Å². The van der Waals surface area contributed by atoms with Gasteiger partial charge in [-0.1, -0.05) is 16.8 Å². The largest absolute Gasteiger partial charge is 0.389 e. The summed E-state index contributed by atoms with van der Waals surface area (Å²) in [6.45, 7) is 3.88. The third-order valence-electron chi connectivity index (χ3n) is 2.53. The van der Waals surface area contributed by atoms with Gasteiger partial charge in [-0.15, -0.1) is 0 Å². The molecule has 0 spiro atoms. The zero-order valence-electron chi connectivity index (χ0n) is 10.0. The normalized spacial score (nSPS) is 17.7. The Labute approximate surface area is 112 Å². The molecule has 0 aromatic carbocycles. The van der Waals surface area contributed by atoms with Crippen LogP contribution in [0.4, 0.5) is 0 Å². The predicted octanol–water partition coefficient (Wildman–Crippen LogP) is 1.75. The Balaban J connectivity index is 2.25. The van der Waals surface area contributed by atoms with Crippen LogP contribution in [-0.2, 0) is 21.3 Å². The molecule has 0 saturated carbocycles. The molecular formula is C11H13ClN2O3S. The predicted molar refractivity (Wildman–Crippen MR) is 69.6 cm³/mol. The molecule has 2 heterocycles. The fourth-order valence-electron chi connectivity index (χ4n) is 1.66. The van der Waals surface area contributed by atoms with Crippen molar-refractivity contribution in [3.8, 4) is 0 Å². The lowest BCUT2D eigenvalue weighted by molar-refractivity contribution is 0.0123. The third kappa shape index (κ3) is 3.00. The van der Waals surface area contributed by atoms with Crippen LogP contribution in [0.25, 0.3) is 0 Å². The topological polar surface area (TPSA) is 68.6 Å². The zero-order chi connectivity index (χ0) is 13.3. The summed E-state index contributed by atoms with van der Waals surface area (Å²) in [7, 11) is -2.53. The van der Waals surface area contributed by atoms with Gasteiger partial charge in [-0.2, -0.15) is 0 Å². The number of rotatable bonds is 3. The first kappa shape index (κ1) is 13.3. The molecule has 98 valence electrons. The van der Waals surface area contributed by atoms with Crippen LogP contribution in [0.5, 0.6) is 0 Å². The Morgan fingerprint density at radius 1 is 1.50 bits per heavy atom. The summed E-state index contributed by atoms with van der Waals surface area (Å²) < 4.78 is 21.3. The molecule has 0 atom stereocenters. The monoisotopic (exact) mass is 288 g/mol. The highest BCUT2D eigenvalue weighted by molar-refractivity contribution is 7.71. The van der Waals surface area contributed by atoms with Crippen LogP contribution in [0.1, 0.15) is 31.5 Å². The van der Waals surface area contributed by atoms with E-state index in [9.17, 15) is 8.42 Å². The number of oxime groups is 1. The minimum absolute atomic E-state index is 0.150. The Hall–Kier alpha value is -1.14. The van der Waals surface area contributed by atoms with Crippen molar-refractivity contribution in [3.05, 3.63) is 28.5 Å². The Bertz CT molecular complexity index is 574. The van der Waals surface area contributed by atoms with E-state index in [1.807, 2.05) is 13.8 Å². The van der Waals surface area contributed by atoms with Gasteiger partial charge < -0.3 is 4.84 Å². The van der Waals surface area contributed by atoms with E-state index in [1.165, 1.54) is 0 Å². The molecule has 1 aliphatic heterocycles. The second kappa shape index (κ2) is 4.85. The van der Waals surface area contributed by atoms with Gasteiger partial charge in [0.15, 0.2) is 0 Å². The highest BCUT2D eigenvalue weighted by Gasteiger charge is 2.29. The van der Waals surface area contributed by atoms with Crippen LogP contribution in [0.3, 0.4) is 0 Å². The first-order chi connectivity index (χ1) is 8.37. The molecule has 0 fully saturated rings. The van der Waals surface area contributed by atoms with Crippen molar-refractivity contribution in [1.29, 1.82) is 0 Å². The highest BCUT2D eigenvalue weighted by atomic mass is 35.5. The fraction of sp³-hybridized carbons (Fsp3) is 0.455. The van der Waals surface area contributed by atoms with Crippen molar-refractivity contribution < 1.29 is 13.3 Å². The van der Waals surface area contributed by atoms with Crippen LogP contribution in [-0.4, -0.2) is 24.7 Å². The van der Waals surface area contributed by atoms with E-state index in [2.05, 4.69) is 10.1 Å². The third-order valence-corrected chi connectivity index (χ3v) is 3.41. The zero-order valence-corrected chi connectivity index (χ0v) is 11.7. The van der Waals surface area contributed by atoms with E-state index in [0.717, 1.165) is 11.3 Å². The van der Waals surface area contributed by atoms with Gasteiger partial charge in [-0.05, 0) is 19.9 Å². The second-order valence-corrected chi connectivity index (χ2v) is 6.10. The molecule has 1 aliphatic rings. The van der Waals surface area contributed by atoms with Crippen LogP contribution in [0, 0.1) is 0 Å². The fourth-order valence-corrected chi connectivity index (χ4v) is 2.49. The Kier molecular flexibility index (Phi) is 3.59. The summed E-state index contributed by atoms with van der Waals surface area (Å²) in [6, 6.07) is 1.67. The molecule has 0 amide bonds. The Morgan fingerprint density at radius 2 is 2.22 bits per heavy atom. The van der Waals surface area contributed by atoms with Gasteiger partial charge in [-0.3, -0.25) is 4.98 Å². The minimum atomic E-state index is -2.53. The van der Waals surface area contributed by atoms with E-state index in [-0.39, 0.29) is 11.4 Å². The summed E-state index contributed by atoms with van der Waals surface area (Å²) in [6.07, 6.45) is 2.24. The number of nitrogens with zero attached hydrogens (tertiary/aromatic N) is 2. The molecule has 5 nitrogen and oxygen atoms in total. The van der Waals surface area contributed by atoms with Gasteiger partial charge in [0, 0.05) is 18.2 Å². The van der Waals surface area contributed by atoms with Crippen molar-refractivity contribution in [3.63, 3.8) is 0 Å². The molecule has 0 saturated heterocycles. The molecule has 1 aromatic rings. The second-order valence-electron chi connectivity index (χ2n) is 4.71. The maximum atomic E-state index is 10.6. The average molecular weight is 289 g/mol. The van der Waals surface area contributed by atoms with E-state index in [4.69, 9.17) is 16.4 Å². The molecule has 18 heavy (non-hydrogen) atoms. The molecule has 0 aliphatic carbocycles. The van der Waals surface area contributed by atoms with Gasteiger partial charge in [0.25, 0.3) is 0 Å². The minimum Gasteiger partial charge on any atom is -0.389 e. The van der Waals surface area contributed by atoms with Gasteiger partial charge >= 0.3 is 0 Å². The molecule has 0 radical (unpaired) electrons. The summed E-state index contributed by atoms with van der Waals surface area (Å²) in [5, 5.41) is 4.32. The lowest BCUT2D eigenvalue weighted by Crippen LogP contribution is -2.19. The number of hydrogen-bond acceptors (Lipinski definition) is 5. The van der Waals surface area contributed by atoms with Crippen molar-refractivity contribution in [2.24, 2.45) is 5.16 Å². The average Bonchev–Trinajstić information content (AvgIpc) is 2.61. The van der Waals surface area contributed by atoms with E-state index in [1.54, 1.807) is 12.3 Å². The first-order valence-electron chi connectivity index (χ1n) is 5.39. The molecule has 0 unspecified atom stereocenters. The molecular weight excluding hydrogens is 276 g/mol. The summed E-state index contributed by atoms with van der Waals surface area (Å²) in [5.74, 6) is -0.150. The van der Waals surface area contributed by atoms with E-state index >= 15 is 0 Å². The summed E-state index contributed by atoms with van der Waals surface area (Å²) >= 11 is 6.00. The van der Waals surface area contributed by atoms with Crippen molar-refractivity contribution in [2.75, 3.05) is 0 Å². The van der Waals surface area contributed by atoms with Crippen molar-refractivity contribution in [2.45, 2.75) is 31.6 Å². The SMILES string of the molecule is CC1(C)CC(c2cnc(C[SH](=O)=O)c(Cl)c2)=NO1. The van der Waals surface area contributed by atoms with E-state index < -0.39 is 10.7 Å². The van der Waals surface area contributed by atoms with Crippen LogP contribution >= 0.6 is 11.6 Å². The number of halogens is 1. The van der Waals surface area contributed by atoms with Crippen LogP contribution < -0.4 is 0 Å². The quantitative estimate of drug-likeness (QED) is 0.861. The van der Waals surface area contributed by atoms with Gasteiger partial charge in [0.05, 0.1) is 22.2 Å². The van der Waals surface area contributed by atoms with Crippen LogP contribution in [0.2, 0.25) is 5.02 Å². The first-order valence-corrected chi connectivity index (χ1v) is 7.13. The standard InChI is InChI=1S/C11H13ClN2O3S/c1-11(2)4-9(14-17-11)7-3-8(12)10(13-5-7)6-18(15)16/h3,5,18H,4,6H2,1-2H3. The molecule has 2 rings (SSSR count). The summed E-state index contributed by atoms with van der Waals surface area (Å²) in [4.78, 5) is 9.32. The molecule has 1 aromatic heterocycles. The number of aromatic nitrogens is 1. The number of pyridine rings is 1. The molecule has 0 bridgehead atoms. The van der Waals surface area contributed by atoms with Gasteiger partial charge in [0.2, 0.25) is 0 Å². The smallest absolute Gasteiger partial charge is 0.145 e.